The SMILES string of the molecule is CNc1cccc(N2CCCOc3cc(C(=O)NCc4ccc(S(C)(C)C)cc4)ccc32)c1CN. The van der Waals surface area contributed by atoms with E-state index in [4.69, 9.17) is 10.5 Å². The third-order valence-corrected chi connectivity index (χ3v) is 7.98. The Kier molecular flexibility index (Phi) is 7.57. The first-order chi connectivity index (χ1) is 16.8. The summed E-state index contributed by atoms with van der Waals surface area (Å²) in [4.78, 5) is 16.6. The number of hydrogen-bond donors (Lipinski definition) is 3. The molecule has 0 aromatic heterocycles. The molecule has 4 rings (SSSR count). The van der Waals surface area contributed by atoms with Crippen LogP contribution in [-0.4, -0.2) is 44.9 Å². The van der Waals surface area contributed by atoms with Gasteiger partial charge in [-0.1, -0.05) is 18.2 Å². The maximum atomic E-state index is 13.0. The van der Waals surface area contributed by atoms with Gasteiger partial charge in [0, 0.05) is 49.2 Å². The van der Waals surface area contributed by atoms with Crippen LogP contribution in [0.5, 0.6) is 5.75 Å². The van der Waals surface area contributed by atoms with Gasteiger partial charge in [-0.25, -0.2) is 10.0 Å². The molecule has 0 aliphatic carbocycles. The van der Waals surface area contributed by atoms with E-state index in [0.29, 0.717) is 31.0 Å². The predicted octanol–water partition coefficient (Wildman–Crippen LogP) is 5.09. The summed E-state index contributed by atoms with van der Waals surface area (Å²) in [6.45, 7) is 2.32. The molecule has 186 valence electrons. The summed E-state index contributed by atoms with van der Waals surface area (Å²) in [5, 5.41) is 6.28. The fraction of sp³-hybridized carbons (Fsp3) is 0.321. The van der Waals surface area contributed by atoms with Gasteiger partial charge in [-0.05, 0) is 78.1 Å². The number of amides is 1. The molecule has 0 radical (unpaired) electrons. The molecule has 0 fully saturated rings. The zero-order valence-electron chi connectivity index (χ0n) is 21.1. The fourth-order valence-corrected chi connectivity index (χ4v) is 5.30. The molecule has 1 aliphatic heterocycles. The largest absolute Gasteiger partial charge is 0.491 e. The first kappa shape index (κ1) is 24.9. The summed E-state index contributed by atoms with van der Waals surface area (Å²) in [6, 6.07) is 20.4. The van der Waals surface area contributed by atoms with Crippen molar-refractivity contribution in [3.8, 4) is 5.75 Å². The molecular weight excluding hydrogens is 456 g/mol. The van der Waals surface area contributed by atoms with Crippen molar-refractivity contribution < 1.29 is 9.53 Å². The molecule has 0 saturated carbocycles. The van der Waals surface area contributed by atoms with E-state index in [1.54, 1.807) is 0 Å². The van der Waals surface area contributed by atoms with Crippen molar-refractivity contribution in [1.29, 1.82) is 0 Å². The van der Waals surface area contributed by atoms with Gasteiger partial charge in [-0.3, -0.25) is 4.79 Å². The molecule has 1 heterocycles. The topological polar surface area (TPSA) is 79.6 Å². The van der Waals surface area contributed by atoms with Gasteiger partial charge in [-0.2, -0.15) is 0 Å². The molecule has 7 heteroatoms. The number of anilines is 3. The lowest BCUT2D eigenvalue weighted by Gasteiger charge is -2.27. The number of carbonyl (C=O) groups excluding carboxylic acids is 1. The lowest BCUT2D eigenvalue weighted by molar-refractivity contribution is 0.0950. The minimum Gasteiger partial charge on any atom is -0.491 e. The number of carbonyl (C=O) groups is 1. The van der Waals surface area contributed by atoms with Crippen LogP contribution in [-0.2, 0) is 13.1 Å². The van der Waals surface area contributed by atoms with Gasteiger partial charge in [-0.15, -0.1) is 0 Å². The first-order valence-electron chi connectivity index (χ1n) is 11.9. The molecular formula is C28H36N4O2S. The summed E-state index contributed by atoms with van der Waals surface area (Å²) < 4.78 is 6.06. The Morgan fingerprint density at radius 2 is 1.83 bits per heavy atom. The van der Waals surface area contributed by atoms with Gasteiger partial charge >= 0.3 is 0 Å². The third-order valence-electron chi connectivity index (χ3n) is 6.30. The average Bonchev–Trinajstić information content (AvgIpc) is 3.08. The molecule has 0 atom stereocenters. The van der Waals surface area contributed by atoms with Crippen molar-refractivity contribution >= 4 is 33.0 Å². The van der Waals surface area contributed by atoms with Crippen LogP contribution >= 0.6 is 10.0 Å². The number of benzene rings is 3. The number of rotatable bonds is 7. The van der Waals surface area contributed by atoms with Crippen LogP contribution in [0.25, 0.3) is 0 Å². The Balaban J connectivity index is 1.54. The van der Waals surface area contributed by atoms with E-state index >= 15 is 0 Å². The second kappa shape index (κ2) is 10.6. The lowest BCUT2D eigenvalue weighted by Crippen LogP contribution is -2.23. The van der Waals surface area contributed by atoms with Crippen molar-refractivity contribution in [1.82, 2.24) is 5.32 Å². The molecule has 35 heavy (non-hydrogen) atoms. The smallest absolute Gasteiger partial charge is 0.251 e. The summed E-state index contributed by atoms with van der Waals surface area (Å²) in [5.41, 5.74) is 11.9. The standard InChI is InChI=1S/C28H36N4O2S/c1-30-24-7-5-8-25(23(24)18-29)32-15-6-16-34-27-17-21(11-14-26(27)32)28(33)31-19-20-9-12-22(13-10-20)35(2,3)4/h5,7-14,17,30H,6,15-16,18-19,29H2,1-4H3,(H,31,33). The predicted molar refractivity (Wildman–Crippen MR) is 149 cm³/mol. The van der Waals surface area contributed by atoms with E-state index in [2.05, 4.69) is 64.6 Å². The van der Waals surface area contributed by atoms with E-state index in [-0.39, 0.29) is 5.91 Å². The summed E-state index contributed by atoms with van der Waals surface area (Å²) in [7, 11) is 1.15. The number of hydrogen-bond acceptors (Lipinski definition) is 5. The van der Waals surface area contributed by atoms with Crippen LogP contribution in [0.3, 0.4) is 0 Å². The summed E-state index contributed by atoms with van der Waals surface area (Å²) in [6.07, 6.45) is 7.70. The van der Waals surface area contributed by atoms with E-state index < -0.39 is 10.0 Å². The Hall–Kier alpha value is -3.16. The van der Waals surface area contributed by atoms with Gasteiger partial charge in [0.15, 0.2) is 0 Å². The highest BCUT2D eigenvalue weighted by Gasteiger charge is 2.22. The molecule has 0 bridgehead atoms. The summed E-state index contributed by atoms with van der Waals surface area (Å²) >= 11 is 0. The number of ether oxygens (including phenoxy) is 1. The second-order valence-corrected chi connectivity index (χ2v) is 13.6. The van der Waals surface area contributed by atoms with Crippen molar-refractivity contribution in [3.05, 3.63) is 77.4 Å². The second-order valence-electron chi connectivity index (χ2n) is 9.46. The highest BCUT2D eigenvalue weighted by atomic mass is 32.3. The molecule has 6 nitrogen and oxygen atoms in total. The Bertz CT molecular complexity index is 1190. The van der Waals surface area contributed by atoms with Crippen LogP contribution < -0.4 is 26.0 Å². The number of nitrogens with zero attached hydrogens (tertiary/aromatic N) is 1. The molecule has 3 aromatic carbocycles. The number of fused-ring (bicyclic) bond motifs is 1. The quantitative estimate of drug-likeness (QED) is 0.428. The van der Waals surface area contributed by atoms with Crippen LogP contribution in [0.4, 0.5) is 17.1 Å². The molecule has 1 amide bonds. The van der Waals surface area contributed by atoms with Crippen LogP contribution in [0.1, 0.15) is 27.9 Å². The third kappa shape index (κ3) is 5.57. The monoisotopic (exact) mass is 492 g/mol. The molecule has 3 aromatic rings. The van der Waals surface area contributed by atoms with E-state index in [0.717, 1.165) is 41.2 Å². The molecule has 0 spiro atoms. The normalized spacial score (nSPS) is 13.9. The van der Waals surface area contributed by atoms with Crippen molar-refractivity contribution in [2.24, 2.45) is 5.73 Å². The average molecular weight is 493 g/mol. The maximum Gasteiger partial charge on any atom is 0.251 e. The fourth-order valence-electron chi connectivity index (χ4n) is 4.35. The van der Waals surface area contributed by atoms with E-state index in [9.17, 15) is 4.79 Å². The first-order valence-corrected chi connectivity index (χ1v) is 14.8. The van der Waals surface area contributed by atoms with Crippen molar-refractivity contribution in [2.75, 3.05) is 49.2 Å². The molecule has 0 saturated heterocycles. The highest BCUT2D eigenvalue weighted by molar-refractivity contribution is 8.32. The highest BCUT2D eigenvalue weighted by Crippen LogP contribution is 2.45. The molecule has 1 aliphatic rings. The van der Waals surface area contributed by atoms with Crippen LogP contribution in [0.2, 0.25) is 0 Å². The maximum absolute atomic E-state index is 13.0. The van der Waals surface area contributed by atoms with Gasteiger partial charge in [0.25, 0.3) is 5.91 Å². The van der Waals surface area contributed by atoms with Gasteiger partial charge in [0.05, 0.1) is 12.3 Å². The Labute approximate surface area is 210 Å². The zero-order chi connectivity index (χ0) is 25.0. The minimum atomic E-state index is -0.755. The van der Waals surface area contributed by atoms with E-state index in [1.807, 2.05) is 37.4 Å². The lowest BCUT2D eigenvalue weighted by atomic mass is 10.1. The van der Waals surface area contributed by atoms with Crippen molar-refractivity contribution in [3.63, 3.8) is 0 Å². The van der Waals surface area contributed by atoms with Crippen LogP contribution in [0, 0.1) is 0 Å². The zero-order valence-corrected chi connectivity index (χ0v) is 21.9. The Morgan fingerprint density at radius 1 is 1.06 bits per heavy atom. The Morgan fingerprint density at radius 3 is 2.51 bits per heavy atom. The van der Waals surface area contributed by atoms with Gasteiger partial charge < -0.3 is 26.0 Å². The summed E-state index contributed by atoms with van der Waals surface area (Å²) in [5.74, 6) is 0.600. The molecule has 0 unspecified atom stereocenters. The number of nitrogens with two attached hydrogens (primary N) is 1. The van der Waals surface area contributed by atoms with Gasteiger partial charge in [0.1, 0.15) is 5.75 Å². The minimum absolute atomic E-state index is 0.113. The van der Waals surface area contributed by atoms with Gasteiger partial charge in [0.2, 0.25) is 0 Å². The number of nitrogens with one attached hydrogen (secondary N) is 2. The molecule has 4 N–H and O–H groups in total. The van der Waals surface area contributed by atoms with Crippen molar-refractivity contribution in [2.45, 2.75) is 24.4 Å². The van der Waals surface area contributed by atoms with E-state index in [1.165, 1.54) is 4.90 Å². The van der Waals surface area contributed by atoms with Crippen LogP contribution in [0.15, 0.2) is 65.6 Å².